The summed E-state index contributed by atoms with van der Waals surface area (Å²) < 4.78 is 0.733. The predicted molar refractivity (Wildman–Crippen MR) is 37.8 cm³/mol. The Balaban J connectivity index is 2.81. The summed E-state index contributed by atoms with van der Waals surface area (Å²) in [4.78, 5) is 0. The van der Waals surface area contributed by atoms with Crippen LogP contribution >= 0.6 is 12.2 Å². The van der Waals surface area contributed by atoms with Crippen LogP contribution in [-0.4, -0.2) is 15.4 Å². The van der Waals surface area contributed by atoms with Crippen LogP contribution in [0.4, 0.5) is 0 Å². The highest BCUT2D eigenvalue weighted by molar-refractivity contribution is 7.71. The summed E-state index contributed by atoms with van der Waals surface area (Å²) in [5.41, 5.74) is 0.965. The summed E-state index contributed by atoms with van der Waals surface area (Å²) in [5, 5.41) is 9.26. The molecule has 1 aromatic rings. The van der Waals surface area contributed by atoms with Gasteiger partial charge in [-0.1, -0.05) is 25.6 Å². The first-order valence-electron chi connectivity index (χ1n) is 2.96. The number of H-pyrrole nitrogens is 2. The van der Waals surface area contributed by atoms with E-state index in [2.05, 4.69) is 22.3 Å². The van der Waals surface area contributed by atoms with Crippen molar-refractivity contribution in [3.05, 3.63) is 10.3 Å². The Hall–Kier alpha value is -0.640. The van der Waals surface area contributed by atoms with E-state index in [-0.39, 0.29) is 0 Å². The van der Waals surface area contributed by atoms with Crippen LogP contribution < -0.4 is 0 Å². The van der Waals surface area contributed by atoms with Crippen molar-refractivity contribution in [2.45, 2.75) is 19.8 Å². The van der Waals surface area contributed by atoms with Gasteiger partial charge in [-0.2, -0.15) is 5.10 Å². The van der Waals surface area contributed by atoms with Crippen LogP contribution in [0, 0.1) is 4.64 Å². The van der Waals surface area contributed by atoms with Crippen LogP contribution in [0.5, 0.6) is 0 Å². The first-order chi connectivity index (χ1) is 4.34. The summed E-state index contributed by atoms with van der Waals surface area (Å²) in [7, 11) is 0. The largest absolute Gasteiger partial charge is 0.273 e. The van der Waals surface area contributed by atoms with Crippen LogP contribution in [0.25, 0.3) is 0 Å². The molecule has 0 atom stereocenters. The van der Waals surface area contributed by atoms with Crippen molar-refractivity contribution in [2.75, 3.05) is 0 Å². The summed E-state index contributed by atoms with van der Waals surface area (Å²) in [6, 6.07) is 0. The zero-order valence-electron chi connectivity index (χ0n) is 5.27. The monoisotopic (exact) mass is 143 g/mol. The van der Waals surface area contributed by atoms with Crippen molar-refractivity contribution in [3.63, 3.8) is 0 Å². The van der Waals surface area contributed by atoms with Gasteiger partial charge in [-0.15, -0.1) is 0 Å². The normalized spacial score (nSPS) is 9.89. The van der Waals surface area contributed by atoms with Gasteiger partial charge >= 0.3 is 0 Å². The van der Waals surface area contributed by atoms with Gasteiger partial charge in [-0.25, -0.2) is 5.21 Å². The lowest BCUT2D eigenvalue weighted by Crippen LogP contribution is -1.82. The lowest BCUT2D eigenvalue weighted by atomic mass is 10.3. The number of aromatic nitrogens is 3. The van der Waals surface area contributed by atoms with E-state index in [0.29, 0.717) is 0 Å². The number of aryl methyl sites for hydroxylation is 1. The highest BCUT2D eigenvalue weighted by Crippen LogP contribution is 1.96. The molecule has 0 saturated heterocycles. The average molecular weight is 143 g/mol. The number of aromatic amines is 2. The fourth-order valence-electron chi connectivity index (χ4n) is 0.675. The molecule has 0 aliphatic carbocycles. The maximum Gasteiger partial charge on any atom is 0.142 e. The van der Waals surface area contributed by atoms with Crippen molar-refractivity contribution in [3.8, 4) is 0 Å². The molecule has 1 rings (SSSR count). The summed E-state index contributed by atoms with van der Waals surface area (Å²) in [6.07, 6.45) is 2.04. The van der Waals surface area contributed by atoms with Crippen LogP contribution in [0.3, 0.4) is 0 Å². The maximum atomic E-state index is 4.90. The lowest BCUT2D eigenvalue weighted by molar-refractivity contribution is 0.853. The second-order valence-corrected chi connectivity index (χ2v) is 2.28. The smallest absolute Gasteiger partial charge is 0.142 e. The van der Waals surface area contributed by atoms with E-state index in [1.54, 1.807) is 0 Å². The summed E-state index contributed by atoms with van der Waals surface area (Å²) in [6.45, 7) is 2.10. The van der Waals surface area contributed by atoms with Gasteiger partial charge in [0.15, 0.2) is 0 Å². The molecule has 1 aromatic heterocycles. The second-order valence-electron chi connectivity index (χ2n) is 1.87. The SMILES string of the molecule is CCCc1n[nH][nH]c1=S. The lowest BCUT2D eigenvalue weighted by Gasteiger charge is -1.84. The minimum atomic E-state index is 0.733. The molecule has 0 unspecified atom stereocenters. The van der Waals surface area contributed by atoms with E-state index < -0.39 is 0 Å². The highest BCUT2D eigenvalue weighted by atomic mass is 32.1. The third-order valence-corrected chi connectivity index (χ3v) is 1.45. The van der Waals surface area contributed by atoms with Crippen molar-refractivity contribution < 1.29 is 0 Å². The van der Waals surface area contributed by atoms with Gasteiger partial charge in [0, 0.05) is 0 Å². The molecule has 0 aliphatic rings. The van der Waals surface area contributed by atoms with Gasteiger partial charge in [0.2, 0.25) is 0 Å². The Kier molecular flexibility index (Phi) is 2.00. The molecule has 0 fully saturated rings. The van der Waals surface area contributed by atoms with Crippen LogP contribution in [0.1, 0.15) is 19.0 Å². The van der Waals surface area contributed by atoms with Gasteiger partial charge in [-0.05, 0) is 6.42 Å². The second kappa shape index (κ2) is 2.77. The van der Waals surface area contributed by atoms with Crippen molar-refractivity contribution in [1.29, 1.82) is 0 Å². The number of nitrogens with one attached hydrogen (secondary N) is 2. The molecule has 4 heteroatoms. The average Bonchev–Trinajstić information content (AvgIpc) is 2.18. The predicted octanol–water partition coefficient (Wildman–Crippen LogP) is 1.42. The Morgan fingerprint density at radius 1 is 1.67 bits per heavy atom. The van der Waals surface area contributed by atoms with Crippen LogP contribution in [-0.2, 0) is 6.42 Å². The fourth-order valence-corrected chi connectivity index (χ4v) is 0.869. The van der Waals surface area contributed by atoms with Crippen molar-refractivity contribution >= 4 is 12.2 Å². The summed E-state index contributed by atoms with van der Waals surface area (Å²) >= 11 is 4.90. The van der Waals surface area contributed by atoms with E-state index in [9.17, 15) is 0 Å². The van der Waals surface area contributed by atoms with Gasteiger partial charge in [0.25, 0.3) is 0 Å². The molecular formula is C5H9N3S. The van der Waals surface area contributed by atoms with E-state index in [1.165, 1.54) is 0 Å². The zero-order valence-corrected chi connectivity index (χ0v) is 6.09. The van der Waals surface area contributed by atoms with Crippen molar-refractivity contribution in [1.82, 2.24) is 15.4 Å². The molecule has 2 N–H and O–H groups in total. The molecule has 9 heavy (non-hydrogen) atoms. The van der Waals surface area contributed by atoms with Gasteiger partial charge < -0.3 is 0 Å². The Bertz CT molecular complexity index is 224. The van der Waals surface area contributed by atoms with E-state index in [0.717, 1.165) is 23.2 Å². The molecule has 0 spiro atoms. The molecule has 50 valence electrons. The molecule has 1 heterocycles. The van der Waals surface area contributed by atoms with Crippen molar-refractivity contribution in [2.24, 2.45) is 0 Å². The van der Waals surface area contributed by atoms with E-state index in [1.807, 2.05) is 0 Å². The first-order valence-corrected chi connectivity index (χ1v) is 3.37. The Morgan fingerprint density at radius 3 is 2.89 bits per heavy atom. The molecule has 3 nitrogen and oxygen atoms in total. The number of nitrogens with zero attached hydrogens (tertiary/aromatic N) is 1. The standard InChI is InChI=1S/C5H9N3S/c1-2-3-4-5(9)7-8-6-4/h2-3H2,1H3,(H2,6,7,8,9). The van der Waals surface area contributed by atoms with Crippen LogP contribution in [0.15, 0.2) is 0 Å². The van der Waals surface area contributed by atoms with E-state index in [4.69, 9.17) is 12.2 Å². The van der Waals surface area contributed by atoms with Crippen LogP contribution in [0.2, 0.25) is 0 Å². The fraction of sp³-hybridized carbons (Fsp3) is 0.600. The Labute approximate surface area is 58.5 Å². The molecule has 0 bridgehead atoms. The third-order valence-electron chi connectivity index (χ3n) is 1.11. The minimum absolute atomic E-state index is 0.733. The number of rotatable bonds is 2. The molecule has 0 amide bonds. The quantitative estimate of drug-likeness (QED) is 0.615. The van der Waals surface area contributed by atoms with Gasteiger partial charge in [0.05, 0.1) is 5.69 Å². The minimum Gasteiger partial charge on any atom is -0.273 e. The van der Waals surface area contributed by atoms with Gasteiger partial charge in [-0.3, -0.25) is 5.10 Å². The molecule has 0 aliphatic heterocycles. The maximum absolute atomic E-state index is 4.90. The molecule has 0 radical (unpaired) electrons. The topological polar surface area (TPSA) is 44.5 Å². The number of hydrogen-bond acceptors (Lipinski definition) is 2. The summed E-state index contributed by atoms with van der Waals surface area (Å²) in [5.74, 6) is 0. The highest BCUT2D eigenvalue weighted by Gasteiger charge is 1.94. The zero-order chi connectivity index (χ0) is 6.69. The van der Waals surface area contributed by atoms with E-state index >= 15 is 0 Å². The first kappa shape index (κ1) is 6.48. The van der Waals surface area contributed by atoms with Gasteiger partial charge in [0.1, 0.15) is 4.64 Å². The molecule has 0 saturated carbocycles. The molecular weight excluding hydrogens is 134 g/mol. The molecule has 0 aromatic carbocycles. The third kappa shape index (κ3) is 1.38. The Morgan fingerprint density at radius 2 is 2.44 bits per heavy atom. The number of hydrogen-bond donors (Lipinski definition) is 2.